The molecule has 1 saturated carbocycles. The van der Waals surface area contributed by atoms with E-state index in [2.05, 4.69) is 62.3 Å². The molecule has 2 nitrogen and oxygen atoms in total. The van der Waals surface area contributed by atoms with E-state index in [4.69, 9.17) is 6.65 Å². The van der Waals surface area contributed by atoms with Crippen molar-refractivity contribution in [3.8, 4) is 0 Å². The van der Waals surface area contributed by atoms with Crippen LogP contribution in [0.15, 0.2) is 0 Å². The van der Waals surface area contributed by atoms with Crippen LogP contribution in [0.25, 0.3) is 0 Å². The SMILES string of the molecule is CC1CC(C)(C)CC(C(C)(C)C)(C(C)(C)C)C1.[O]=[Ti]=[O]. The summed E-state index contributed by atoms with van der Waals surface area (Å²) in [4.78, 5) is 0. The molecule has 1 fully saturated rings. The zero-order chi connectivity index (χ0) is 16.4. The molecule has 1 rings (SSSR count). The monoisotopic (exact) mass is 318 g/mol. The molecule has 3 heteroatoms. The molecule has 0 aliphatic heterocycles. The zero-order valence-corrected chi connectivity index (χ0v) is 16.6. The predicted molar refractivity (Wildman–Crippen MR) is 79.5 cm³/mol. The van der Waals surface area contributed by atoms with Crippen molar-refractivity contribution in [1.29, 1.82) is 0 Å². The summed E-state index contributed by atoms with van der Waals surface area (Å²) in [6.45, 7) is 22.1. The molecule has 0 saturated heterocycles. The molecular weight excluding hydrogens is 284 g/mol. The van der Waals surface area contributed by atoms with Crippen molar-refractivity contribution in [2.24, 2.45) is 27.6 Å². The Bertz CT molecular complexity index is 338. The van der Waals surface area contributed by atoms with Crippen LogP contribution in [0.2, 0.25) is 0 Å². The quantitative estimate of drug-likeness (QED) is 0.539. The molecule has 0 aromatic carbocycles. The number of hydrogen-bond donors (Lipinski definition) is 0. The maximum atomic E-state index is 8.50. The van der Waals surface area contributed by atoms with Crippen LogP contribution in [0.1, 0.15) is 81.6 Å². The first-order chi connectivity index (χ1) is 8.72. The summed E-state index contributed by atoms with van der Waals surface area (Å²) >= 11 is -2.00. The first kappa shape index (κ1) is 20.3. The molecular formula is C17H34O2Ti. The summed E-state index contributed by atoms with van der Waals surface area (Å²) in [5.41, 5.74) is 1.73. The Morgan fingerprint density at radius 3 is 1.50 bits per heavy atom. The van der Waals surface area contributed by atoms with Gasteiger partial charge in [-0.2, -0.15) is 0 Å². The Hall–Kier alpha value is 0.314. The summed E-state index contributed by atoms with van der Waals surface area (Å²) in [6, 6.07) is 0. The number of rotatable bonds is 0. The molecule has 118 valence electrons. The van der Waals surface area contributed by atoms with Crippen LogP contribution >= 0.6 is 0 Å². The normalized spacial score (nSPS) is 25.1. The molecule has 1 atom stereocenters. The van der Waals surface area contributed by atoms with Gasteiger partial charge < -0.3 is 0 Å². The van der Waals surface area contributed by atoms with E-state index in [0.717, 1.165) is 5.92 Å². The van der Waals surface area contributed by atoms with Gasteiger partial charge in [-0.3, -0.25) is 0 Å². The van der Waals surface area contributed by atoms with Gasteiger partial charge in [0.15, 0.2) is 0 Å². The minimum absolute atomic E-state index is 0.386. The third-order valence-electron chi connectivity index (χ3n) is 5.25. The Labute approximate surface area is 135 Å². The third-order valence-corrected chi connectivity index (χ3v) is 5.25. The Balaban J connectivity index is 0.00000110. The fraction of sp³-hybridized carbons (Fsp3) is 1.00. The fourth-order valence-electron chi connectivity index (χ4n) is 4.84. The molecule has 0 bridgehead atoms. The van der Waals surface area contributed by atoms with Gasteiger partial charge >= 0.3 is 25.7 Å². The van der Waals surface area contributed by atoms with Crippen LogP contribution in [0.3, 0.4) is 0 Å². The van der Waals surface area contributed by atoms with Gasteiger partial charge in [-0.25, -0.2) is 0 Å². The number of hydrogen-bond acceptors (Lipinski definition) is 2. The summed E-state index contributed by atoms with van der Waals surface area (Å²) in [6.07, 6.45) is 4.15. The van der Waals surface area contributed by atoms with E-state index in [9.17, 15) is 0 Å². The van der Waals surface area contributed by atoms with Gasteiger partial charge in [-0.15, -0.1) is 0 Å². The summed E-state index contributed by atoms with van der Waals surface area (Å²) in [5, 5.41) is 0. The molecule has 0 aromatic heterocycles. The van der Waals surface area contributed by atoms with Gasteiger partial charge in [0, 0.05) is 0 Å². The van der Waals surface area contributed by atoms with Crippen LogP contribution in [-0.4, -0.2) is 0 Å². The molecule has 20 heavy (non-hydrogen) atoms. The van der Waals surface area contributed by atoms with Crippen molar-refractivity contribution in [1.82, 2.24) is 0 Å². The first-order valence-corrected chi connectivity index (χ1v) is 8.99. The molecule has 0 radical (unpaired) electrons. The second-order valence-corrected chi connectivity index (χ2v) is 9.78. The van der Waals surface area contributed by atoms with E-state index in [1.54, 1.807) is 0 Å². The second-order valence-electron chi connectivity index (χ2n) is 9.52. The molecule has 0 amide bonds. The molecule has 0 spiro atoms. The first-order valence-electron chi connectivity index (χ1n) is 7.72. The van der Waals surface area contributed by atoms with E-state index in [-0.39, 0.29) is 0 Å². The summed E-state index contributed by atoms with van der Waals surface area (Å²) in [7, 11) is 0. The second kappa shape index (κ2) is 6.61. The van der Waals surface area contributed by atoms with Gasteiger partial charge in [0.2, 0.25) is 0 Å². The molecule has 0 heterocycles. The van der Waals surface area contributed by atoms with E-state index >= 15 is 0 Å². The summed E-state index contributed by atoms with van der Waals surface area (Å²) in [5.74, 6) is 0.859. The standard InChI is InChI=1S/C17H34.2O.Ti/c1-13-10-16(8,9)12-17(11-13,14(2,3)4)15(5,6)7;;;/h13H,10-12H2,1-9H3;;;. The zero-order valence-electron chi connectivity index (χ0n) is 15.0. The Kier molecular flexibility index (Phi) is 6.71. The van der Waals surface area contributed by atoms with Crippen molar-refractivity contribution in [3.05, 3.63) is 0 Å². The maximum absolute atomic E-state index is 8.50. The molecule has 1 unspecified atom stereocenters. The molecule has 1 aliphatic rings. The van der Waals surface area contributed by atoms with Crippen LogP contribution < -0.4 is 0 Å². The Morgan fingerprint density at radius 2 is 1.25 bits per heavy atom. The van der Waals surface area contributed by atoms with Crippen molar-refractivity contribution in [2.75, 3.05) is 0 Å². The average molecular weight is 318 g/mol. The molecule has 0 N–H and O–H groups in total. The van der Waals surface area contributed by atoms with E-state index in [1.165, 1.54) is 19.3 Å². The van der Waals surface area contributed by atoms with Crippen LogP contribution in [0.4, 0.5) is 0 Å². The van der Waals surface area contributed by atoms with Crippen LogP contribution in [-0.2, 0) is 25.7 Å². The third kappa shape index (κ3) is 4.66. The van der Waals surface area contributed by atoms with Crippen LogP contribution in [0, 0.1) is 27.6 Å². The van der Waals surface area contributed by atoms with Gasteiger partial charge in [0.25, 0.3) is 0 Å². The van der Waals surface area contributed by atoms with Crippen molar-refractivity contribution in [2.45, 2.75) is 81.6 Å². The van der Waals surface area contributed by atoms with Gasteiger partial charge in [-0.05, 0) is 46.8 Å². The van der Waals surface area contributed by atoms with Crippen molar-refractivity contribution >= 4 is 0 Å². The van der Waals surface area contributed by atoms with E-state index in [0.29, 0.717) is 21.7 Å². The average Bonchev–Trinajstić information content (AvgIpc) is 2.11. The van der Waals surface area contributed by atoms with E-state index < -0.39 is 19.1 Å². The van der Waals surface area contributed by atoms with E-state index in [1.807, 2.05) is 0 Å². The van der Waals surface area contributed by atoms with Crippen molar-refractivity contribution in [3.63, 3.8) is 0 Å². The van der Waals surface area contributed by atoms with Gasteiger partial charge in [0.1, 0.15) is 0 Å². The minimum atomic E-state index is -2.00. The van der Waals surface area contributed by atoms with Gasteiger partial charge in [0.05, 0.1) is 0 Å². The fourth-order valence-corrected chi connectivity index (χ4v) is 4.84. The molecule has 0 aromatic rings. The molecule has 1 aliphatic carbocycles. The Morgan fingerprint density at radius 1 is 0.900 bits per heavy atom. The topological polar surface area (TPSA) is 34.1 Å². The predicted octanol–water partition coefficient (Wildman–Crippen LogP) is 5.67. The van der Waals surface area contributed by atoms with Crippen LogP contribution in [0.5, 0.6) is 0 Å². The van der Waals surface area contributed by atoms with Crippen molar-refractivity contribution < 1.29 is 25.7 Å². The summed E-state index contributed by atoms with van der Waals surface area (Å²) < 4.78 is 17.0. The van der Waals surface area contributed by atoms with Gasteiger partial charge in [-0.1, -0.05) is 62.3 Å².